The van der Waals surface area contributed by atoms with Gasteiger partial charge < -0.3 is 10.2 Å². The van der Waals surface area contributed by atoms with E-state index in [-0.39, 0.29) is 11.9 Å². The molecule has 20 heavy (non-hydrogen) atoms. The third kappa shape index (κ3) is 3.47. The third-order valence-electron chi connectivity index (χ3n) is 3.91. The molecule has 0 saturated carbocycles. The molecule has 0 amide bonds. The second kappa shape index (κ2) is 7.32. The molecular formula is C16H25FN2S. The van der Waals surface area contributed by atoms with Crippen molar-refractivity contribution in [2.24, 2.45) is 0 Å². The van der Waals surface area contributed by atoms with Crippen LogP contribution in [-0.2, 0) is 0 Å². The van der Waals surface area contributed by atoms with E-state index >= 15 is 0 Å². The smallest absolute Gasteiger partial charge is 0.130 e. The number of benzene rings is 1. The molecule has 0 aromatic heterocycles. The van der Waals surface area contributed by atoms with Crippen molar-refractivity contribution in [1.29, 1.82) is 0 Å². The second-order valence-electron chi connectivity index (χ2n) is 5.30. The predicted octanol–water partition coefficient (Wildman–Crippen LogP) is 3.83. The van der Waals surface area contributed by atoms with Crippen LogP contribution < -0.4 is 10.2 Å². The van der Waals surface area contributed by atoms with Crippen LogP contribution in [0, 0.1) is 5.82 Å². The molecular weight excluding hydrogens is 271 g/mol. The highest BCUT2D eigenvalue weighted by molar-refractivity contribution is 8.00. The lowest BCUT2D eigenvalue weighted by Crippen LogP contribution is -2.38. The minimum absolute atomic E-state index is 0.0471. The summed E-state index contributed by atoms with van der Waals surface area (Å²) in [5.74, 6) is 1.03. The largest absolute Gasteiger partial charge is 0.369 e. The maximum absolute atomic E-state index is 14.3. The lowest BCUT2D eigenvalue weighted by atomic mass is 10.0. The SMILES string of the molecule is CCNC(C)c1c(F)cccc1N1CCSC(CC)C1. The molecule has 4 heteroatoms. The van der Waals surface area contributed by atoms with Crippen molar-refractivity contribution in [2.45, 2.75) is 38.5 Å². The van der Waals surface area contributed by atoms with Gasteiger partial charge >= 0.3 is 0 Å². The van der Waals surface area contributed by atoms with Crippen LogP contribution in [0.2, 0.25) is 0 Å². The Kier molecular flexibility index (Phi) is 5.73. The third-order valence-corrected chi connectivity index (χ3v) is 5.28. The van der Waals surface area contributed by atoms with Crippen molar-refractivity contribution in [1.82, 2.24) is 5.32 Å². The summed E-state index contributed by atoms with van der Waals surface area (Å²) in [5.41, 5.74) is 1.88. The van der Waals surface area contributed by atoms with Gasteiger partial charge in [0, 0.05) is 41.4 Å². The van der Waals surface area contributed by atoms with E-state index in [1.54, 1.807) is 6.07 Å². The van der Waals surface area contributed by atoms with E-state index in [2.05, 4.69) is 30.1 Å². The van der Waals surface area contributed by atoms with Crippen LogP contribution in [0.25, 0.3) is 0 Å². The molecule has 1 aromatic carbocycles. The minimum Gasteiger partial charge on any atom is -0.369 e. The Morgan fingerprint density at radius 2 is 2.25 bits per heavy atom. The Morgan fingerprint density at radius 3 is 2.95 bits per heavy atom. The zero-order valence-electron chi connectivity index (χ0n) is 12.7. The van der Waals surface area contributed by atoms with E-state index in [4.69, 9.17) is 0 Å². The summed E-state index contributed by atoms with van der Waals surface area (Å²) in [6.45, 7) is 9.22. The summed E-state index contributed by atoms with van der Waals surface area (Å²) in [6, 6.07) is 5.51. The van der Waals surface area contributed by atoms with Crippen molar-refractivity contribution < 1.29 is 4.39 Å². The first-order chi connectivity index (χ1) is 9.67. The van der Waals surface area contributed by atoms with Crippen molar-refractivity contribution in [3.8, 4) is 0 Å². The Bertz CT molecular complexity index is 438. The van der Waals surface area contributed by atoms with Gasteiger partial charge in [-0.3, -0.25) is 0 Å². The highest BCUT2D eigenvalue weighted by atomic mass is 32.2. The van der Waals surface area contributed by atoms with Gasteiger partial charge in [0.25, 0.3) is 0 Å². The highest BCUT2D eigenvalue weighted by Crippen LogP contribution is 2.32. The molecule has 1 aliphatic heterocycles. The van der Waals surface area contributed by atoms with E-state index < -0.39 is 0 Å². The fourth-order valence-electron chi connectivity index (χ4n) is 2.82. The molecule has 2 atom stereocenters. The number of nitrogens with zero attached hydrogens (tertiary/aromatic N) is 1. The van der Waals surface area contributed by atoms with Gasteiger partial charge in [0.1, 0.15) is 5.82 Å². The van der Waals surface area contributed by atoms with Crippen LogP contribution >= 0.6 is 11.8 Å². The molecule has 1 aliphatic rings. The Hall–Kier alpha value is -0.740. The zero-order valence-corrected chi connectivity index (χ0v) is 13.5. The molecule has 1 saturated heterocycles. The number of thioether (sulfide) groups is 1. The lowest BCUT2D eigenvalue weighted by Gasteiger charge is -2.36. The molecule has 0 aliphatic carbocycles. The Morgan fingerprint density at radius 1 is 1.45 bits per heavy atom. The first-order valence-corrected chi connectivity index (χ1v) is 8.60. The van der Waals surface area contributed by atoms with Gasteiger partial charge in [-0.15, -0.1) is 0 Å². The van der Waals surface area contributed by atoms with Crippen molar-refractivity contribution in [3.63, 3.8) is 0 Å². The first kappa shape index (κ1) is 15.6. The summed E-state index contributed by atoms with van der Waals surface area (Å²) in [7, 11) is 0. The van der Waals surface area contributed by atoms with Crippen LogP contribution in [0.4, 0.5) is 10.1 Å². The standard InChI is InChI=1S/C16H25FN2S/c1-4-13-11-19(9-10-20-13)15-8-6-7-14(17)16(15)12(3)18-5-2/h6-8,12-13,18H,4-5,9-11H2,1-3H3. The van der Waals surface area contributed by atoms with E-state index in [9.17, 15) is 4.39 Å². The quantitative estimate of drug-likeness (QED) is 0.889. The number of anilines is 1. The molecule has 1 fully saturated rings. The fourth-order valence-corrected chi connectivity index (χ4v) is 4.00. The van der Waals surface area contributed by atoms with Gasteiger partial charge in [0.05, 0.1) is 0 Å². The summed E-state index contributed by atoms with van der Waals surface area (Å²) >= 11 is 2.04. The number of rotatable bonds is 5. The average Bonchev–Trinajstić information content (AvgIpc) is 2.47. The second-order valence-corrected chi connectivity index (χ2v) is 6.71. The maximum Gasteiger partial charge on any atom is 0.130 e. The van der Waals surface area contributed by atoms with E-state index in [0.29, 0.717) is 5.25 Å². The van der Waals surface area contributed by atoms with Crippen molar-refractivity contribution in [2.75, 3.05) is 30.3 Å². The zero-order chi connectivity index (χ0) is 14.5. The van der Waals surface area contributed by atoms with Gasteiger partial charge in [-0.1, -0.05) is 19.9 Å². The Labute approximate surface area is 126 Å². The van der Waals surface area contributed by atoms with Crippen LogP contribution in [0.1, 0.15) is 38.8 Å². The maximum atomic E-state index is 14.3. The molecule has 2 rings (SSSR count). The van der Waals surface area contributed by atoms with Crippen LogP contribution in [0.3, 0.4) is 0 Å². The minimum atomic E-state index is -0.0952. The van der Waals surface area contributed by atoms with Crippen LogP contribution in [0.5, 0.6) is 0 Å². The van der Waals surface area contributed by atoms with E-state index in [0.717, 1.165) is 36.6 Å². The summed E-state index contributed by atoms with van der Waals surface area (Å²) < 4.78 is 14.3. The molecule has 0 spiro atoms. The van der Waals surface area contributed by atoms with Gasteiger partial charge in [-0.05, 0) is 32.0 Å². The topological polar surface area (TPSA) is 15.3 Å². The molecule has 1 heterocycles. The summed E-state index contributed by atoms with van der Waals surface area (Å²) in [4.78, 5) is 2.36. The van der Waals surface area contributed by atoms with E-state index in [1.165, 1.54) is 6.42 Å². The molecule has 112 valence electrons. The summed E-state index contributed by atoms with van der Waals surface area (Å²) in [6.07, 6.45) is 1.18. The van der Waals surface area contributed by atoms with E-state index in [1.807, 2.05) is 24.8 Å². The molecule has 2 unspecified atom stereocenters. The molecule has 0 bridgehead atoms. The number of hydrogen-bond donors (Lipinski definition) is 1. The van der Waals surface area contributed by atoms with Gasteiger partial charge in [0.15, 0.2) is 0 Å². The molecule has 0 radical (unpaired) electrons. The van der Waals surface area contributed by atoms with Crippen molar-refractivity contribution in [3.05, 3.63) is 29.6 Å². The Balaban J connectivity index is 2.28. The van der Waals surface area contributed by atoms with Crippen molar-refractivity contribution >= 4 is 17.4 Å². The normalized spacial score (nSPS) is 21.0. The number of nitrogens with one attached hydrogen (secondary N) is 1. The molecule has 1 N–H and O–H groups in total. The van der Waals surface area contributed by atoms with Gasteiger partial charge in [0.2, 0.25) is 0 Å². The summed E-state index contributed by atoms with van der Waals surface area (Å²) in [5, 5.41) is 4.00. The lowest BCUT2D eigenvalue weighted by molar-refractivity contribution is 0.538. The first-order valence-electron chi connectivity index (χ1n) is 7.55. The number of hydrogen-bond acceptors (Lipinski definition) is 3. The van der Waals surface area contributed by atoms with Crippen LogP contribution in [-0.4, -0.2) is 30.6 Å². The monoisotopic (exact) mass is 296 g/mol. The van der Waals surface area contributed by atoms with Crippen LogP contribution in [0.15, 0.2) is 18.2 Å². The van der Waals surface area contributed by atoms with Gasteiger partial charge in [-0.25, -0.2) is 4.39 Å². The predicted molar refractivity (Wildman–Crippen MR) is 87.2 cm³/mol. The molecule has 1 aromatic rings. The highest BCUT2D eigenvalue weighted by Gasteiger charge is 2.24. The average molecular weight is 296 g/mol. The fraction of sp³-hybridized carbons (Fsp3) is 0.625. The van der Waals surface area contributed by atoms with Gasteiger partial charge in [-0.2, -0.15) is 11.8 Å². The number of halogens is 1. The molecule has 2 nitrogen and oxygen atoms in total.